The molecule has 1 aliphatic rings. The van der Waals surface area contributed by atoms with Gasteiger partial charge < -0.3 is 14.8 Å². The van der Waals surface area contributed by atoms with Gasteiger partial charge in [-0.05, 0) is 18.6 Å². The normalized spacial score (nSPS) is 16.6. The average Bonchev–Trinajstić information content (AvgIpc) is 3.13. The van der Waals surface area contributed by atoms with Gasteiger partial charge in [-0.3, -0.25) is 14.2 Å². The van der Waals surface area contributed by atoms with Crippen molar-refractivity contribution in [2.45, 2.75) is 25.9 Å². The number of nitrogens with zero attached hydrogens (tertiary/aromatic N) is 5. The van der Waals surface area contributed by atoms with Crippen LogP contribution in [0.2, 0.25) is 0 Å². The molecule has 2 aromatic heterocycles. The lowest BCUT2D eigenvalue weighted by Crippen LogP contribution is -2.49. The Bertz CT molecular complexity index is 1080. The SMILES string of the molecule is Cc1cccc2c(=O)n(CCC(=O)N3CCNCC3c3nccn3C)cnc12.Cl. The molecule has 9 heteroatoms. The van der Waals surface area contributed by atoms with Crippen molar-refractivity contribution in [2.75, 3.05) is 19.6 Å². The molecule has 0 saturated carbocycles. The summed E-state index contributed by atoms with van der Waals surface area (Å²) in [5.41, 5.74) is 1.58. The summed E-state index contributed by atoms with van der Waals surface area (Å²) in [6, 6.07) is 5.47. The summed E-state index contributed by atoms with van der Waals surface area (Å²) in [6.07, 6.45) is 5.42. The molecule has 29 heavy (non-hydrogen) atoms. The van der Waals surface area contributed by atoms with Crippen molar-refractivity contribution in [3.05, 3.63) is 58.7 Å². The Morgan fingerprint density at radius 1 is 1.31 bits per heavy atom. The molecule has 0 aliphatic carbocycles. The number of nitrogens with one attached hydrogen (secondary N) is 1. The zero-order chi connectivity index (χ0) is 19.7. The molecule has 1 amide bonds. The summed E-state index contributed by atoms with van der Waals surface area (Å²) >= 11 is 0. The summed E-state index contributed by atoms with van der Waals surface area (Å²) < 4.78 is 3.47. The molecule has 1 fully saturated rings. The fourth-order valence-electron chi connectivity index (χ4n) is 3.79. The maximum absolute atomic E-state index is 12.9. The minimum Gasteiger partial charge on any atom is -0.336 e. The number of aromatic nitrogens is 4. The number of hydrogen-bond donors (Lipinski definition) is 1. The zero-order valence-electron chi connectivity index (χ0n) is 16.5. The molecular weight excluding hydrogens is 392 g/mol. The lowest BCUT2D eigenvalue weighted by Gasteiger charge is -2.35. The highest BCUT2D eigenvalue weighted by atomic mass is 35.5. The molecule has 0 radical (unpaired) electrons. The van der Waals surface area contributed by atoms with Gasteiger partial charge in [0.15, 0.2) is 0 Å². The summed E-state index contributed by atoms with van der Waals surface area (Å²) in [5, 5.41) is 3.92. The Morgan fingerprint density at radius 2 is 2.14 bits per heavy atom. The van der Waals surface area contributed by atoms with E-state index in [4.69, 9.17) is 0 Å². The van der Waals surface area contributed by atoms with E-state index < -0.39 is 0 Å². The second kappa shape index (κ2) is 8.75. The highest BCUT2D eigenvalue weighted by Crippen LogP contribution is 2.21. The molecule has 3 aromatic rings. The first kappa shape index (κ1) is 21.0. The zero-order valence-corrected chi connectivity index (χ0v) is 17.4. The molecule has 3 heterocycles. The largest absolute Gasteiger partial charge is 0.336 e. The van der Waals surface area contributed by atoms with Crippen LogP contribution in [0.3, 0.4) is 0 Å². The molecule has 1 N–H and O–H groups in total. The molecule has 4 rings (SSSR count). The first-order valence-electron chi connectivity index (χ1n) is 9.48. The van der Waals surface area contributed by atoms with E-state index in [1.165, 1.54) is 4.57 Å². The van der Waals surface area contributed by atoms with Crippen molar-refractivity contribution >= 4 is 29.2 Å². The molecule has 1 unspecified atom stereocenters. The van der Waals surface area contributed by atoms with Crippen molar-refractivity contribution in [1.29, 1.82) is 0 Å². The van der Waals surface area contributed by atoms with E-state index in [-0.39, 0.29) is 36.3 Å². The number of fused-ring (bicyclic) bond motifs is 1. The Labute approximate surface area is 175 Å². The van der Waals surface area contributed by atoms with Gasteiger partial charge in [0, 0.05) is 52.0 Å². The minimum atomic E-state index is -0.109. The highest BCUT2D eigenvalue weighted by molar-refractivity contribution is 5.85. The molecule has 0 spiro atoms. The maximum atomic E-state index is 12.9. The van der Waals surface area contributed by atoms with Crippen molar-refractivity contribution in [2.24, 2.45) is 7.05 Å². The van der Waals surface area contributed by atoms with E-state index >= 15 is 0 Å². The predicted molar refractivity (Wildman–Crippen MR) is 113 cm³/mol. The predicted octanol–water partition coefficient (Wildman–Crippen LogP) is 1.42. The Balaban J connectivity index is 0.00000240. The molecule has 1 aromatic carbocycles. The van der Waals surface area contributed by atoms with E-state index in [1.54, 1.807) is 18.6 Å². The topological polar surface area (TPSA) is 85.0 Å². The van der Waals surface area contributed by atoms with E-state index in [9.17, 15) is 9.59 Å². The number of benzene rings is 1. The molecule has 0 bridgehead atoms. The number of imidazole rings is 1. The third-order valence-electron chi connectivity index (χ3n) is 5.34. The molecule has 1 saturated heterocycles. The van der Waals surface area contributed by atoms with Crippen LogP contribution in [-0.2, 0) is 18.4 Å². The summed E-state index contributed by atoms with van der Waals surface area (Å²) in [6.45, 7) is 4.30. The van der Waals surface area contributed by atoms with Gasteiger partial charge in [0.05, 0.1) is 17.2 Å². The van der Waals surface area contributed by atoms with E-state index in [2.05, 4.69) is 15.3 Å². The van der Waals surface area contributed by atoms with Gasteiger partial charge >= 0.3 is 0 Å². The van der Waals surface area contributed by atoms with E-state index in [1.807, 2.05) is 41.8 Å². The van der Waals surface area contributed by atoms with Crippen LogP contribution >= 0.6 is 12.4 Å². The van der Waals surface area contributed by atoms with Crippen LogP contribution in [0.25, 0.3) is 10.9 Å². The van der Waals surface area contributed by atoms with Gasteiger partial charge in [-0.2, -0.15) is 0 Å². The van der Waals surface area contributed by atoms with Crippen LogP contribution in [0, 0.1) is 6.92 Å². The van der Waals surface area contributed by atoms with Crippen LogP contribution in [0.4, 0.5) is 0 Å². The number of para-hydroxylation sites is 1. The van der Waals surface area contributed by atoms with Gasteiger partial charge in [0.2, 0.25) is 5.91 Å². The van der Waals surface area contributed by atoms with Gasteiger partial charge in [-0.15, -0.1) is 12.4 Å². The number of carbonyl (C=O) groups excluding carboxylic acids is 1. The molecular formula is C20H25ClN6O2. The smallest absolute Gasteiger partial charge is 0.261 e. The standard InChI is InChI=1S/C20H24N6O2.ClH/c1-14-4-3-5-15-18(14)23-13-25(20(15)28)9-6-17(27)26-11-7-21-12-16(26)19-22-8-10-24(19)2;/h3-5,8,10,13,16,21H,6-7,9,11-12H2,1-2H3;1H. The number of piperazine rings is 1. The van der Waals surface area contributed by atoms with E-state index in [0.29, 0.717) is 30.5 Å². The summed E-state index contributed by atoms with van der Waals surface area (Å²) in [4.78, 5) is 36.4. The number of rotatable bonds is 4. The van der Waals surface area contributed by atoms with Crippen molar-refractivity contribution in [3.8, 4) is 0 Å². The van der Waals surface area contributed by atoms with Crippen molar-refractivity contribution < 1.29 is 4.79 Å². The molecule has 154 valence electrons. The Morgan fingerprint density at radius 3 is 2.90 bits per heavy atom. The number of carbonyl (C=O) groups is 1. The number of aryl methyl sites for hydroxylation is 3. The quantitative estimate of drug-likeness (QED) is 0.695. The third kappa shape index (κ3) is 4.04. The van der Waals surface area contributed by atoms with Crippen LogP contribution in [-0.4, -0.2) is 49.5 Å². The summed E-state index contributed by atoms with van der Waals surface area (Å²) in [5.74, 6) is 0.881. The second-order valence-corrected chi connectivity index (χ2v) is 7.17. The van der Waals surface area contributed by atoms with Crippen LogP contribution < -0.4 is 10.9 Å². The summed E-state index contributed by atoms with van der Waals surface area (Å²) in [7, 11) is 1.93. The number of amides is 1. The molecule has 1 atom stereocenters. The Kier molecular flexibility index (Phi) is 6.34. The van der Waals surface area contributed by atoms with Gasteiger partial charge in [0.25, 0.3) is 5.56 Å². The van der Waals surface area contributed by atoms with Gasteiger partial charge in [0.1, 0.15) is 11.9 Å². The lowest BCUT2D eigenvalue weighted by molar-refractivity contribution is -0.135. The second-order valence-electron chi connectivity index (χ2n) is 7.17. The Hall–Kier alpha value is -2.71. The average molecular weight is 417 g/mol. The number of halogens is 1. The maximum Gasteiger partial charge on any atom is 0.261 e. The minimum absolute atomic E-state index is 0. The van der Waals surface area contributed by atoms with Crippen molar-refractivity contribution in [3.63, 3.8) is 0 Å². The van der Waals surface area contributed by atoms with Gasteiger partial charge in [-0.1, -0.05) is 12.1 Å². The number of hydrogen-bond acceptors (Lipinski definition) is 5. The first-order valence-corrected chi connectivity index (χ1v) is 9.48. The van der Waals surface area contributed by atoms with Crippen LogP contribution in [0.1, 0.15) is 23.9 Å². The lowest BCUT2D eigenvalue weighted by atomic mass is 10.1. The van der Waals surface area contributed by atoms with E-state index in [0.717, 1.165) is 17.9 Å². The molecule has 8 nitrogen and oxygen atoms in total. The van der Waals surface area contributed by atoms with Crippen LogP contribution in [0.15, 0.2) is 41.7 Å². The van der Waals surface area contributed by atoms with Crippen LogP contribution in [0.5, 0.6) is 0 Å². The molecule has 1 aliphatic heterocycles. The highest BCUT2D eigenvalue weighted by Gasteiger charge is 2.30. The fourth-order valence-corrected chi connectivity index (χ4v) is 3.79. The monoisotopic (exact) mass is 416 g/mol. The fraction of sp³-hybridized carbons (Fsp3) is 0.400. The first-order chi connectivity index (χ1) is 13.6. The van der Waals surface area contributed by atoms with Gasteiger partial charge in [-0.25, -0.2) is 9.97 Å². The van der Waals surface area contributed by atoms with Crippen molar-refractivity contribution in [1.82, 2.24) is 29.3 Å². The third-order valence-corrected chi connectivity index (χ3v) is 5.34.